The van der Waals surface area contributed by atoms with Gasteiger partial charge in [0.05, 0.1) is 33.6 Å². The van der Waals surface area contributed by atoms with Gasteiger partial charge in [0.1, 0.15) is 12.4 Å². The second-order valence-electron chi connectivity index (χ2n) is 6.43. The number of hydrogen-bond donors (Lipinski definition) is 1. The van der Waals surface area contributed by atoms with E-state index in [-0.39, 0.29) is 17.0 Å². The Bertz CT molecular complexity index is 1280. The average molecular weight is 428 g/mol. The maximum Gasteiger partial charge on any atom is 0.261 e. The van der Waals surface area contributed by atoms with Crippen LogP contribution in [0.5, 0.6) is 0 Å². The Morgan fingerprint density at radius 1 is 1.14 bits per heavy atom. The number of rotatable bonds is 4. The van der Waals surface area contributed by atoms with Crippen molar-refractivity contribution in [1.82, 2.24) is 19.3 Å². The SMILES string of the molecule is Cc1cc(NC(=O)Cn2cnc3c(Cl)cc(Cl)cc3c2=O)n(-c2ccccc2)n1. The van der Waals surface area contributed by atoms with Gasteiger partial charge >= 0.3 is 0 Å². The molecule has 0 aliphatic heterocycles. The number of amides is 1. The number of halogens is 2. The topological polar surface area (TPSA) is 81.8 Å². The molecule has 0 aliphatic carbocycles. The van der Waals surface area contributed by atoms with E-state index in [1.54, 1.807) is 10.7 Å². The summed E-state index contributed by atoms with van der Waals surface area (Å²) in [6.45, 7) is 1.62. The minimum atomic E-state index is -0.401. The van der Waals surface area contributed by atoms with E-state index in [1.807, 2.05) is 37.3 Å². The second-order valence-corrected chi connectivity index (χ2v) is 7.27. The number of aryl methyl sites for hydroxylation is 1. The Morgan fingerprint density at radius 3 is 2.66 bits per heavy atom. The van der Waals surface area contributed by atoms with Crippen molar-refractivity contribution in [3.8, 4) is 5.69 Å². The molecule has 0 saturated carbocycles. The van der Waals surface area contributed by atoms with Crippen LogP contribution in [0.15, 0.2) is 59.7 Å². The normalized spacial score (nSPS) is 11.0. The number of nitrogens with zero attached hydrogens (tertiary/aromatic N) is 4. The van der Waals surface area contributed by atoms with E-state index < -0.39 is 11.5 Å². The molecule has 0 radical (unpaired) electrons. The average Bonchev–Trinajstić information content (AvgIpc) is 3.05. The molecule has 0 aliphatic rings. The van der Waals surface area contributed by atoms with Gasteiger partial charge in [0.25, 0.3) is 5.56 Å². The molecule has 4 aromatic rings. The Hall–Kier alpha value is -3.16. The first-order valence-corrected chi connectivity index (χ1v) is 9.44. The smallest absolute Gasteiger partial charge is 0.261 e. The molecule has 0 unspecified atom stereocenters. The lowest BCUT2D eigenvalue weighted by Gasteiger charge is -2.10. The van der Waals surface area contributed by atoms with Crippen LogP contribution < -0.4 is 10.9 Å². The largest absolute Gasteiger partial charge is 0.309 e. The first kappa shape index (κ1) is 19.2. The molecule has 146 valence electrons. The number of carbonyl (C=O) groups is 1. The van der Waals surface area contributed by atoms with E-state index in [0.717, 1.165) is 11.4 Å². The number of nitrogens with one attached hydrogen (secondary N) is 1. The molecule has 2 heterocycles. The number of para-hydroxylation sites is 1. The fraction of sp³-hybridized carbons (Fsp3) is 0.100. The van der Waals surface area contributed by atoms with Crippen molar-refractivity contribution in [3.05, 3.63) is 81.0 Å². The van der Waals surface area contributed by atoms with Gasteiger partial charge in [-0.1, -0.05) is 41.4 Å². The predicted molar refractivity (Wildman–Crippen MR) is 113 cm³/mol. The van der Waals surface area contributed by atoms with Gasteiger partial charge in [0, 0.05) is 11.1 Å². The highest BCUT2D eigenvalue weighted by Gasteiger charge is 2.14. The molecule has 1 amide bonds. The lowest BCUT2D eigenvalue weighted by atomic mass is 10.2. The van der Waals surface area contributed by atoms with Crippen LogP contribution in [-0.4, -0.2) is 25.2 Å². The van der Waals surface area contributed by atoms with E-state index in [0.29, 0.717) is 16.4 Å². The number of anilines is 1. The minimum absolute atomic E-state index is 0.217. The number of aromatic nitrogens is 4. The molecule has 29 heavy (non-hydrogen) atoms. The van der Waals surface area contributed by atoms with Crippen molar-refractivity contribution in [2.45, 2.75) is 13.5 Å². The molecule has 0 atom stereocenters. The van der Waals surface area contributed by atoms with Crippen LogP contribution in [0.25, 0.3) is 16.6 Å². The summed E-state index contributed by atoms with van der Waals surface area (Å²) >= 11 is 12.1. The van der Waals surface area contributed by atoms with Crippen LogP contribution in [0.3, 0.4) is 0 Å². The highest BCUT2D eigenvalue weighted by Crippen LogP contribution is 2.24. The Morgan fingerprint density at radius 2 is 1.90 bits per heavy atom. The van der Waals surface area contributed by atoms with Crippen LogP contribution >= 0.6 is 23.2 Å². The molecule has 0 spiro atoms. The van der Waals surface area contributed by atoms with E-state index in [9.17, 15) is 9.59 Å². The molecule has 0 saturated heterocycles. The van der Waals surface area contributed by atoms with Gasteiger partial charge in [-0.2, -0.15) is 5.10 Å². The molecular weight excluding hydrogens is 413 g/mol. The number of carbonyl (C=O) groups excluding carboxylic acids is 1. The lowest BCUT2D eigenvalue weighted by molar-refractivity contribution is -0.116. The molecule has 0 fully saturated rings. The minimum Gasteiger partial charge on any atom is -0.309 e. The van der Waals surface area contributed by atoms with Gasteiger partial charge in [0.15, 0.2) is 0 Å². The maximum atomic E-state index is 12.7. The molecular formula is C20H15Cl2N5O2. The highest BCUT2D eigenvalue weighted by molar-refractivity contribution is 6.38. The van der Waals surface area contributed by atoms with Gasteiger partial charge < -0.3 is 5.32 Å². The number of hydrogen-bond acceptors (Lipinski definition) is 4. The van der Waals surface area contributed by atoms with Crippen LogP contribution in [0.2, 0.25) is 10.0 Å². The Labute approximate surface area is 175 Å². The third-order valence-corrected chi connectivity index (χ3v) is 4.77. The summed E-state index contributed by atoms with van der Waals surface area (Å²) in [5.41, 5.74) is 1.50. The summed E-state index contributed by atoms with van der Waals surface area (Å²) in [7, 11) is 0. The predicted octanol–water partition coefficient (Wildman–Crippen LogP) is 3.84. The fourth-order valence-corrected chi connectivity index (χ4v) is 3.54. The Kier molecular flexibility index (Phi) is 5.08. The van der Waals surface area contributed by atoms with Crippen molar-refractivity contribution in [2.75, 3.05) is 5.32 Å². The first-order chi connectivity index (χ1) is 13.9. The first-order valence-electron chi connectivity index (χ1n) is 8.68. The van der Waals surface area contributed by atoms with Crippen LogP contribution in [0, 0.1) is 6.92 Å². The van der Waals surface area contributed by atoms with Crippen LogP contribution in [0.1, 0.15) is 5.69 Å². The Balaban J connectivity index is 1.62. The second kappa shape index (κ2) is 7.69. The molecule has 7 nitrogen and oxygen atoms in total. The highest BCUT2D eigenvalue weighted by atomic mass is 35.5. The maximum absolute atomic E-state index is 12.7. The number of fused-ring (bicyclic) bond motifs is 1. The molecule has 0 bridgehead atoms. The summed E-state index contributed by atoms with van der Waals surface area (Å²) in [5, 5.41) is 8.07. The standard InChI is InChI=1S/C20H15Cl2N5O2/c1-12-7-17(27(25-12)14-5-3-2-4-6-14)24-18(28)10-26-11-23-19-15(20(26)29)8-13(21)9-16(19)22/h2-9,11H,10H2,1H3,(H,24,28). The van der Waals surface area contributed by atoms with Crippen molar-refractivity contribution in [3.63, 3.8) is 0 Å². The zero-order chi connectivity index (χ0) is 20.5. The van der Waals surface area contributed by atoms with Gasteiger partial charge in [-0.25, -0.2) is 9.67 Å². The van der Waals surface area contributed by atoms with Crippen LogP contribution in [-0.2, 0) is 11.3 Å². The zero-order valence-corrected chi connectivity index (χ0v) is 16.8. The van der Waals surface area contributed by atoms with Crippen molar-refractivity contribution in [2.24, 2.45) is 0 Å². The zero-order valence-electron chi connectivity index (χ0n) is 15.3. The van der Waals surface area contributed by atoms with Crippen molar-refractivity contribution >= 4 is 45.8 Å². The summed E-state index contributed by atoms with van der Waals surface area (Å²) in [4.78, 5) is 29.5. The van der Waals surface area contributed by atoms with Crippen molar-refractivity contribution in [1.29, 1.82) is 0 Å². The number of benzene rings is 2. The quantitative estimate of drug-likeness (QED) is 0.536. The van der Waals surface area contributed by atoms with Gasteiger partial charge in [-0.15, -0.1) is 0 Å². The van der Waals surface area contributed by atoms with Gasteiger partial charge in [-0.05, 0) is 31.2 Å². The molecule has 4 rings (SSSR count). The van der Waals surface area contributed by atoms with E-state index in [1.165, 1.54) is 23.0 Å². The monoisotopic (exact) mass is 427 g/mol. The summed E-state index contributed by atoms with van der Waals surface area (Å²) in [6, 6.07) is 14.2. The fourth-order valence-electron chi connectivity index (χ4n) is 3.00. The molecule has 9 heteroatoms. The summed E-state index contributed by atoms with van der Waals surface area (Å²) < 4.78 is 2.84. The van der Waals surface area contributed by atoms with Crippen molar-refractivity contribution < 1.29 is 4.79 Å². The lowest BCUT2D eigenvalue weighted by Crippen LogP contribution is -2.28. The van der Waals surface area contributed by atoms with Crippen LogP contribution in [0.4, 0.5) is 5.82 Å². The summed E-state index contributed by atoms with van der Waals surface area (Å²) in [6.07, 6.45) is 1.30. The summed E-state index contributed by atoms with van der Waals surface area (Å²) in [5.74, 6) is 0.116. The molecule has 2 aromatic carbocycles. The van der Waals surface area contributed by atoms with E-state index in [4.69, 9.17) is 23.2 Å². The third-order valence-electron chi connectivity index (χ3n) is 4.26. The van der Waals surface area contributed by atoms with E-state index in [2.05, 4.69) is 15.4 Å². The van der Waals surface area contributed by atoms with Gasteiger partial charge in [-0.3, -0.25) is 14.2 Å². The van der Waals surface area contributed by atoms with Gasteiger partial charge in [0.2, 0.25) is 5.91 Å². The molecule has 2 aromatic heterocycles. The molecule has 1 N–H and O–H groups in total. The van der Waals surface area contributed by atoms with E-state index >= 15 is 0 Å². The third kappa shape index (κ3) is 3.87.